The highest BCUT2D eigenvalue weighted by Crippen LogP contribution is 2.19. The fraction of sp³-hybridized carbons (Fsp3) is 0.583. The lowest BCUT2D eigenvalue weighted by molar-refractivity contribution is 0.264. The Bertz CT molecular complexity index is 701. The smallest absolute Gasteiger partial charge is 0.0482 e. The number of aryl methyl sites for hydroxylation is 2. The van der Waals surface area contributed by atoms with Gasteiger partial charge in [0.1, 0.15) is 0 Å². The van der Waals surface area contributed by atoms with Gasteiger partial charge in [-0.2, -0.15) is 0 Å². The summed E-state index contributed by atoms with van der Waals surface area (Å²) in [7, 11) is 0. The predicted molar refractivity (Wildman–Crippen MR) is 120 cm³/mol. The first-order valence-electron chi connectivity index (χ1n) is 10.7. The molecular weight excluding hydrogens is 330 g/mol. The average molecular weight is 370 g/mol. The van der Waals surface area contributed by atoms with Gasteiger partial charge in [-0.1, -0.05) is 37.3 Å². The number of fused-ring (bicyclic) bond motifs is 1. The van der Waals surface area contributed by atoms with Gasteiger partial charge < -0.3 is 14.8 Å². The van der Waals surface area contributed by atoms with E-state index in [0.717, 1.165) is 13.0 Å². The van der Waals surface area contributed by atoms with E-state index in [2.05, 4.69) is 85.0 Å². The fourth-order valence-electron chi connectivity index (χ4n) is 4.01. The number of para-hydroxylation sites is 1. The molecule has 3 heteroatoms. The molecule has 150 valence electrons. The molecule has 1 aromatic carbocycles. The van der Waals surface area contributed by atoms with Crippen LogP contribution in [-0.4, -0.2) is 41.2 Å². The molecule has 0 amide bonds. The second-order valence-electron chi connectivity index (χ2n) is 7.89. The average Bonchev–Trinajstić information content (AvgIpc) is 2.86. The Labute approximate surface area is 166 Å². The Morgan fingerprint density at radius 1 is 1.15 bits per heavy atom. The molecule has 0 saturated carbocycles. The van der Waals surface area contributed by atoms with Crippen molar-refractivity contribution in [3.63, 3.8) is 0 Å². The lowest BCUT2D eigenvalue weighted by atomic mass is 10.2. The van der Waals surface area contributed by atoms with E-state index < -0.39 is 0 Å². The fourth-order valence-corrected chi connectivity index (χ4v) is 4.01. The normalized spacial score (nSPS) is 21.2. The summed E-state index contributed by atoms with van der Waals surface area (Å²) < 4.78 is 2.47. The number of hydrogen-bond acceptors (Lipinski definition) is 2. The van der Waals surface area contributed by atoms with Gasteiger partial charge in [0.05, 0.1) is 0 Å². The van der Waals surface area contributed by atoms with Crippen LogP contribution < -0.4 is 5.32 Å². The van der Waals surface area contributed by atoms with Crippen molar-refractivity contribution in [3.8, 4) is 0 Å². The van der Waals surface area contributed by atoms with Crippen molar-refractivity contribution >= 4 is 10.9 Å². The van der Waals surface area contributed by atoms with E-state index in [4.69, 9.17) is 0 Å². The third-order valence-electron chi connectivity index (χ3n) is 5.32. The van der Waals surface area contributed by atoms with Gasteiger partial charge in [-0.05, 0) is 77.6 Å². The monoisotopic (exact) mass is 369 g/mol. The number of nitrogens with one attached hydrogen (secondary N) is 1. The number of benzene rings is 1. The molecule has 27 heavy (non-hydrogen) atoms. The van der Waals surface area contributed by atoms with Crippen molar-refractivity contribution in [2.45, 2.75) is 72.5 Å². The van der Waals surface area contributed by atoms with E-state index in [1.807, 2.05) is 6.92 Å². The van der Waals surface area contributed by atoms with Gasteiger partial charge in [0.2, 0.25) is 0 Å². The summed E-state index contributed by atoms with van der Waals surface area (Å²) in [4.78, 5) is 2.63. The van der Waals surface area contributed by atoms with Crippen molar-refractivity contribution in [3.05, 3.63) is 48.2 Å². The molecule has 3 nitrogen and oxygen atoms in total. The zero-order valence-electron chi connectivity index (χ0n) is 18.0. The Kier molecular flexibility index (Phi) is 9.09. The summed E-state index contributed by atoms with van der Waals surface area (Å²) in [5, 5.41) is 5.02. The van der Waals surface area contributed by atoms with E-state index in [1.165, 1.54) is 49.1 Å². The van der Waals surface area contributed by atoms with Gasteiger partial charge in [-0.25, -0.2) is 0 Å². The molecule has 1 aliphatic rings. The van der Waals surface area contributed by atoms with Crippen LogP contribution in [0, 0.1) is 6.92 Å². The van der Waals surface area contributed by atoms with Crippen LogP contribution in [0.1, 0.15) is 52.7 Å². The maximum Gasteiger partial charge on any atom is 0.0482 e. The molecule has 1 saturated heterocycles. The van der Waals surface area contributed by atoms with Crippen LogP contribution in [0.3, 0.4) is 0 Å². The Morgan fingerprint density at radius 3 is 2.63 bits per heavy atom. The summed E-state index contributed by atoms with van der Waals surface area (Å²) in [5.41, 5.74) is 2.75. The highest BCUT2D eigenvalue weighted by molar-refractivity contribution is 5.81. The maximum absolute atomic E-state index is 3.66. The number of aromatic nitrogens is 1. The van der Waals surface area contributed by atoms with Crippen molar-refractivity contribution in [2.24, 2.45) is 0 Å². The Balaban J connectivity index is 0.000000465. The van der Waals surface area contributed by atoms with Gasteiger partial charge in [-0.15, -0.1) is 0 Å². The molecule has 1 N–H and O–H groups in total. The standard InChI is InChI=1S/C19H29N3.C5H10/c1-15-9-12-21(14-16(2)20-15)10-6-11-22-17(3)13-18-7-4-5-8-19(18)22;1-3-5-4-2/h4-5,7-8,13,15-16,20H,6,9-12,14H2,1-3H3;3,5H,4H2,1-2H3/b;5-3-. The molecule has 0 spiro atoms. The van der Waals surface area contributed by atoms with E-state index in [0.29, 0.717) is 12.1 Å². The van der Waals surface area contributed by atoms with Crippen molar-refractivity contribution < 1.29 is 0 Å². The van der Waals surface area contributed by atoms with Crippen LogP contribution in [0.4, 0.5) is 0 Å². The lowest BCUT2D eigenvalue weighted by Crippen LogP contribution is -2.38. The van der Waals surface area contributed by atoms with Gasteiger partial charge in [-0.3, -0.25) is 0 Å². The Morgan fingerprint density at radius 2 is 1.93 bits per heavy atom. The lowest BCUT2D eigenvalue weighted by Gasteiger charge is -2.22. The minimum atomic E-state index is 0.603. The quantitative estimate of drug-likeness (QED) is 0.714. The van der Waals surface area contributed by atoms with Crippen LogP contribution in [-0.2, 0) is 6.54 Å². The second kappa shape index (κ2) is 11.3. The summed E-state index contributed by atoms with van der Waals surface area (Å²) >= 11 is 0. The van der Waals surface area contributed by atoms with Gasteiger partial charge in [0, 0.05) is 36.4 Å². The van der Waals surface area contributed by atoms with Gasteiger partial charge in [0.15, 0.2) is 0 Å². The first kappa shape index (κ1) is 21.7. The van der Waals surface area contributed by atoms with Crippen molar-refractivity contribution in [1.82, 2.24) is 14.8 Å². The van der Waals surface area contributed by atoms with Crippen molar-refractivity contribution in [2.75, 3.05) is 19.6 Å². The molecule has 0 bridgehead atoms. The zero-order chi connectivity index (χ0) is 19.6. The van der Waals surface area contributed by atoms with Gasteiger partial charge >= 0.3 is 0 Å². The summed E-state index contributed by atoms with van der Waals surface area (Å²) in [5.74, 6) is 0. The van der Waals surface area contributed by atoms with E-state index in [9.17, 15) is 0 Å². The van der Waals surface area contributed by atoms with Crippen LogP contribution in [0.15, 0.2) is 42.5 Å². The number of nitrogens with zero attached hydrogens (tertiary/aromatic N) is 2. The van der Waals surface area contributed by atoms with Crippen LogP contribution in [0.25, 0.3) is 10.9 Å². The van der Waals surface area contributed by atoms with Crippen molar-refractivity contribution in [1.29, 1.82) is 0 Å². The SMILES string of the molecule is C/C=C\CC.Cc1cc2ccccc2n1CCCN1CCC(C)NC(C)C1. The molecule has 2 unspecified atom stereocenters. The predicted octanol–water partition coefficient (Wildman–Crippen LogP) is 5.38. The summed E-state index contributed by atoms with van der Waals surface area (Å²) in [6, 6.07) is 12.3. The summed E-state index contributed by atoms with van der Waals surface area (Å²) in [6.45, 7) is 15.7. The minimum Gasteiger partial charge on any atom is -0.345 e. The van der Waals surface area contributed by atoms with Crippen LogP contribution in [0.2, 0.25) is 0 Å². The minimum absolute atomic E-state index is 0.603. The molecule has 1 aliphatic heterocycles. The van der Waals surface area contributed by atoms with E-state index >= 15 is 0 Å². The third-order valence-corrected chi connectivity index (χ3v) is 5.32. The molecule has 0 aliphatic carbocycles. The van der Waals surface area contributed by atoms with Crippen LogP contribution >= 0.6 is 0 Å². The van der Waals surface area contributed by atoms with E-state index in [1.54, 1.807) is 0 Å². The number of rotatable bonds is 5. The zero-order valence-corrected chi connectivity index (χ0v) is 18.0. The highest BCUT2D eigenvalue weighted by atomic mass is 15.2. The highest BCUT2D eigenvalue weighted by Gasteiger charge is 2.17. The maximum atomic E-state index is 3.66. The molecular formula is C24H39N3. The second-order valence-corrected chi connectivity index (χ2v) is 7.89. The molecule has 2 atom stereocenters. The molecule has 0 radical (unpaired) electrons. The number of hydrogen-bond donors (Lipinski definition) is 1. The third kappa shape index (κ3) is 6.82. The topological polar surface area (TPSA) is 20.2 Å². The molecule has 1 aromatic heterocycles. The first-order valence-corrected chi connectivity index (χ1v) is 10.7. The Hall–Kier alpha value is -1.58. The first-order chi connectivity index (χ1) is 13.0. The largest absolute Gasteiger partial charge is 0.345 e. The molecule has 2 aromatic rings. The molecule has 1 fully saturated rings. The summed E-state index contributed by atoms with van der Waals surface area (Å²) in [6.07, 6.45) is 7.83. The number of allylic oxidation sites excluding steroid dienone is 2. The molecule has 3 rings (SSSR count). The van der Waals surface area contributed by atoms with Crippen LogP contribution in [0.5, 0.6) is 0 Å². The van der Waals surface area contributed by atoms with Gasteiger partial charge in [0.25, 0.3) is 0 Å². The van der Waals surface area contributed by atoms with E-state index in [-0.39, 0.29) is 0 Å². The molecule has 2 heterocycles.